The van der Waals surface area contributed by atoms with E-state index in [0.29, 0.717) is 49.8 Å². The molecule has 0 spiro atoms. The molecule has 336 valence electrons. The predicted octanol–water partition coefficient (Wildman–Crippen LogP) is 16.9. The molecule has 0 aliphatic carbocycles. The van der Waals surface area contributed by atoms with Crippen molar-refractivity contribution < 1.29 is 39.5 Å². The molecule has 8 aromatic carbocycles. The van der Waals surface area contributed by atoms with E-state index in [-0.39, 0.29) is 50.6 Å². The summed E-state index contributed by atoms with van der Waals surface area (Å²) in [5.74, 6) is 0.273. The van der Waals surface area contributed by atoms with Crippen LogP contribution in [0.2, 0.25) is 0 Å². The van der Waals surface area contributed by atoms with Gasteiger partial charge in [0.2, 0.25) is 0 Å². The lowest BCUT2D eigenvalue weighted by Crippen LogP contribution is -2.11. The molecule has 2 aromatic heterocycles. The van der Waals surface area contributed by atoms with E-state index in [1.165, 1.54) is 48.5 Å². The van der Waals surface area contributed by atoms with Crippen molar-refractivity contribution in [3.8, 4) is 73.0 Å². The minimum Gasteiger partial charge on any atom is -0.308 e. The van der Waals surface area contributed by atoms with Crippen molar-refractivity contribution in [1.29, 1.82) is 0 Å². The molecule has 0 fully saturated rings. The van der Waals surface area contributed by atoms with Gasteiger partial charge in [-0.2, -0.15) is 39.5 Å². The molecule has 0 radical (unpaired) electrons. The van der Waals surface area contributed by atoms with Gasteiger partial charge < -0.3 is 4.57 Å². The van der Waals surface area contributed by atoms with Gasteiger partial charge in [-0.25, -0.2) is 9.97 Å². The minimum absolute atomic E-state index is 0.00312. The Hall–Kier alpha value is -7.99. The number of aryl methyl sites for hydroxylation is 1. The molecule has 68 heavy (non-hydrogen) atoms. The van der Waals surface area contributed by atoms with Gasteiger partial charge in [0.05, 0.1) is 44.8 Å². The van der Waals surface area contributed by atoms with Crippen LogP contribution in [-0.2, 0) is 18.5 Å². The molecule has 12 heteroatoms. The fourth-order valence-electron chi connectivity index (χ4n) is 8.94. The molecule has 2 heterocycles. The quantitative estimate of drug-likeness (QED) is 0.149. The summed E-state index contributed by atoms with van der Waals surface area (Å²) in [6.45, 7) is 1.56. The van der Waals surface area contributed by atoms with E-state index < -0.39 is 35.2 Å². The normalized spacial score (nSPS) is 12.3. The van der Waals surface area contributed by atoms with Crippen molar-refractivity contribution in [2.45, 2.75) is 25.5 Å². The molecule has 0 unspecified atom stereocenters. The van der Waals surface area contributed by atoms with Crippen LogP contribution >= 0.6 is 0 Å². The first-order valence-corrected chi connectivity index (χ1v) is 21.3. The number of para-hydroxylation sites is 1. The first kappa shape index (κ1) is 43.9. The number of rotatable bonds is 7. The van der Waals surface area contributed by atoms with Crippen molar-refractivity contribution >= 4 is 21.8 Å². The highest BCUT2D eigenvalue weighted by Gasteiger charge is 2.38. The number of nitrogens with zero attached hydrogens (tertiary/aromatic N) is 3. The topological polar surface area (TPSA) is 30.7 Å². The van der Waals surface area contributed by atoms with E-state index in [1.807, 2.05) is 36.4 Å². The summed E-state index contributed by atoms with van der Waals surface area (Å²) in [6, 6.07) is 48.2. The summed E-state index contributed by atoms with van der Waals surface area (Å²) < 4.78 is 136. The first-order valence-electron chi connectivity index (χ1n) is 21.3. The number of aromatic nitrogens is 3. The van der Waals surface area contributed by atoms with Crippen LogP contribution < -0.4 is 0 Å². The molecule has 0 aliphatic heterocycles. The Morgan fingerprint density at radius 3 is 1.47 bits per heavy atom. The van der Waals surface area contributed by atoms with Crippen LogP contribution in [0.25, 0.3) is 94.8 Å². The zero-order chi connectivity index (χ0) is 47.5. The Kier molecular flexibility index (Phi) is 10.8. The van der Waals surface area contributed by atoms with Crippen LogP contribution in [0.5, 0.6) is 0 Å². The van der Waals surface area contributed by atoms with E-state index in [0.717, 1.165) is 24.3 Å². The number of halogens is 9. The second kappa shape index (κ2) is 16.7. The van der Waals surface area contributed by atoms with Crippen molar-refractivity contribution in [3.63, 3.8) is 0 Å². The van der Waals surface area contributed by atoms with Gasteiger partial charge in [0, 0.05) is 38.6 Å². The van der Waals surface area contributed by atoms with Gasteiger partial charge in [0.15, 0.2) is 5.82 Å². The highest BCUT2D eigenvalue weighted by molar-refractivity contribution is 6.12. The van der Waals surface area contributed by atoms with Gasteiger partial charge in [0.25, 0.3) is 0 Å². The van der Waals surface area contributed by atoms with Crippen LogP contribution in [-0.4, -0.2) is 14.5 Å². The van der Waals surface area contributed by atoms with Crippen LogP contribution in [0.1, 0.15) is 22.3 Å². The Balaban J connectivity index is 1.36. The number of benzene rings is 8. The summed E-state index contributed by atoms with van der Waals surface area (Å²) in [6.07, 6.45) is -14.5. The maximum atomic E-state index is 15.4. The highest BCUT2D eigenvalue weighted by atomic mass is 19.4. The molecular weight excluding hydrogens is 886 g/mol. The van der Waals surface area contributed by atoms with Gasteiger partial charge in [0.1, 0.15) is 0 Å². The lowest BCUT2D eigenvalue weighted by Gasteiger charge is -2.24. The third-order valence-corrected chi connectivity index (χ3v) is 11.9. The standard InChI is InChI=1S/C56H34F9N3/c1-33-26-37(28-39(27-33)54(57,58)59)36-24-25-51-43(29-36)42-20-10-13-23-50(42)68(51)52-44(40-18-8-11-21-46(40)55(60,61)62)30-38(31-45(52)41-19-9-12-22-47(41)56(63,64)65)49-32-48(34-14-4-2-5-15-34)66-53(67-49)35-16-6-3-7-17-35/h2-32H,1H3. The fourth-order valence-corrected chi connectivity index (χ4v) is 8.94. The molecule has 0 N–H and O–H groups in total. The Morgan fingerprint density at radius 1 is 0.368 bits per heavy atom. The van der Waals surface area contributed by atoms with Crippen LogP contribution in [0, 0.1) is 6.92 Å². The van der Waals surface area contributed by atoms with Crippen LogP contribution in [0.15, 0.2) is 188 Å². The van der Waals surface area contributed by atoms with E-state index in [9.17, 15) is 13.2 Å². The van der Waals surface area contributed by atoms with E-state index in [4.69, 9.17) is 9.97 Å². The largest absolute Gasteiger partial charge is 0.417 e. The van der Waals surface area contributed by atoms with Crippen LogP contribution in [0.4, 0.5) is 39.5 Å². The summed E-state index contributed by atoms with van der Waals surface area (Å²) in [4.78, 5) is 9.80. The highest BCUT2D eigenvalue weighted by Crippen LogP contribution is 2.49. The molecule has 3 nitrogen and oxygen atoms in total. The van der Waals surface area contributed by atoms with Gasteiger partial charge in [-0.15, -0.1) is 0 Å². The first-order chi connectivity index (χ1) is 32.5. The monoisotopic (exact) mass is 919 g/mol. The number of hydrogen-bond donors (Lipinski definition) is 0. The number of fused-ring (bicyclic) bond motifs is 3. The van der Waals surface area contributed by atoms with Crippen LogP contribution in [0.3, 0.4) is 0 Å². The van der Waals surface area contributed by atoms with Crippen molar-refractivity contribution in [1.82, 2.24) is 14.5 Å². The van der Waals surface area contributed by atoms with E-state index in [2.05, 4.69) is 0 Å². The summed E-state index contributed by atoms with van der Waals surface area (Å²) in [5.41, 5.74) is 0.392. The summed E-state index contributed by atoms with van der Waals surface area (Å²) in [7, 11) is 0. The maximum absolute atomic E-state index is 15.4. The third-order valence-electron chi connectivity index (χ3n) is 11.9. The second-order valence-corrected chi connectivity index (χ2v) is 16.4. The van der Waals surface area contributed by atoms with Crippen molar-refractivity contribution in [3.05, 3.63) is 210 Å². The lowest BCUT2D eigenvalue weighted by molar-refractivity contribution is -0.138. The molecule has 0 saturated carbocycles. The number of hydrogen-bond acceptors (Lipinski definition) is 2. The lowest BCUT2D eigenvalue weighted by atomic mass is 9.88. The fraction of sp³-hybridized carbons (Fsp3) is 0.0714. The van der Waals surface area contributed by atoms with Gasteiger partial charge in [-0.05, 0) is 95.4 Å². The predicted molar refractivity (Wildman–Crippen MR) is 249 cm³/mol. The molecule has 0 bridgehead atoms. The Labute approximate surface area is 383 Å². The smallest absolute Gasteiger partial charge is 0.308 e. The number of alkyl halides is 9. The maximum Gasteiger partial charge on any atom is 0.417 e. The zero-order valence-electron chi connectivity index (χ0n) is 35.6. The molecule has 0 amide bonds. The third kappa shape index (κ3) is 8.16. The molecule has 10 rings (SSSR count). The van der Waals surface area contributed by atoms with Gasteiger partial charge >= 0.3 is 18.5 Å². The molecule has 0 atom stereocenters. The summed E-state index contributed by atoms with van der Waals surface area (Å²) >= 11 is 0. The van der Waals surface area contributed by atoms with Crippen molar-refractivity contribution in [2.75, 3.05) is 0 Å². The minimum atomic E-state index is -4.91. The van der Waals surface area contributed by atoms with Gasteiger partial charge in [-0.1, -0.05) is 127 Å². The van der Waals surface area contributed by atoms with E-state index in [1.54, 1.807) is 90.4 Å². The Morgan fingerprint density at radius 2 is 0.882 bits per heavy atom. The average molecular weight is 920 g/mol. The average Bonchev–Trinajstić information content (AvgIpc) is 3.66. The molecular formula is C56H34F9N3. The molecule has 10 aromatic rings. The van der Waals surface area contributed by atoms with Crippen molar-refractivity contribution in [2.24, 2.45) is 0 Å². The van der Waals surface area contributed by atoms with E-state index >= 15 is 26.3 Å². The second-order valence-electron chi connectivity index (χ2n) is 16.4. The zero-order valence-corrected chi connectivity index (χ0v) is 35.6. The molecule has 0 aliphatic rings. The molecule has 0 saturated heterocycles. The summed E-state index contributed by atoms with van der Waals surface area (Å²) in [5, 5.41) is 1.05. The Bertz CT molecular complexity index is 3400. The SMILES string of the molecule is Cc1cc(-c2ccc3c(c2)c2ccccc2n3-c2c(-c3ccccc3C(F)(F)F)cc(-c3cc(-c4ccccc4)nc(-c4ccccc4)n3)cc2-c2ccccc2C(F)(F)F)cc(C(F)(F)F)c1. The van der Waals surface area contributed by atoms with Gasteiger partial charge in [-0.3, -0.25) is 0 Å².